The molecule has 52 heavy (non-hydrogen) atoms. The molecule has 0 saturated heterocycles. The van der Waals surface area contributed by atoms with E-state index in [1.54, 1.807) is 24.3 Å². The Hall–Kier alpha value is -5.93. The molecular weight excluding hydrogens is 737 g/mol. The smallest absolute Gasteiger partial charge is 0.268 e. The molecule has 1 N–H and O–H groups in total. The van der Waals surface area contributed by atoms with Gasteiger partial charge in [0, 0.05) is 49.4 Å². The molecule has 1 heterocycles. The number of amides is 1. The predicted octanol–water partition coefficient (Wildman–Crippen LogP) is 8.72. The zero-order valence-electron chi connectivity index (χ0n) is 26.6. The number of carbonyl (C=O) groups is 1. The third-order valence-corrected chi connectivity index (χ3v) is 10.6. The number of nitrogens with zero attached hydrogens (tertiary/aromatic N) is 3. The van der Waals surface area contributed by atoms with E-state index in [0.29, 0.717) is 11.1 Å². The summed E-state index contributed by atoms with van der Waals surface area (Å²) in [4.78, 5) is 15.7. The minimum absolute atomic E-state index is 0.00102. The van der Waals surface area contributed by atoms with Gasteiger partial charge in [-0.25, -0.2) is 43.5 Å². The van der Waals surface area contributed by atoms with Crippen LogP contribution in [-0.2, 0) is 20.0 Å². The highest BCUT2D eigenvalue weighted by Gasteiger charge is 2.31. The molecular formula is C37H22ClF3N4O5S2. The zero-order chi connectivity index (χ0) is 37.5. The molecule has 0 aliphatic rings. The molecule has 0 spiro atoms. The van der Waals surface area contributed by atoms with Gasteiger partial charge in [0.2, 0.25) is 10.0 Å². The Bertz CT molecular complexity index is 2720. The number of halogens is 4. The van der Waals surface area contributed by atoms with Crippen molar-refractivity contribution in [3.8, 4) is 39.6 Å². The van der Waals surface area contributed by atoms with Crippen LogP contribution >= 0.6 is 11.6 Å². The SMILES string of the molecule is [C-]#[N+]c1cccc(C#N)c1-c1c(-c2cccc(-c3ccc(C(=O)NS(C)(=O)=O)cc3Cl)c2)n(S(=O)(=O)c2ccc(C(F)F)cc2)c2ccc(F)cc12. The number of fused-ring (bicyclic) bond motifs is 1. The van der Waals surface area contributed by atoms with Gasteiger partial charge in [-0.1, -0.05) is 60.1 Å². The summed E-state index contributed by atoms with van der Waals surface area (Å²) in [7, 11) is -8.54. The van der Waals surface area contributed by atoms with Crippen molar-refractivity contribution in [2.75, 3.05) is 6.26 Å². The molecule has 6 aromatic rings. The van der Waals surface area contributed by atoms with Gasteiger partial charge < -0.3 is 0 Å². The van der Waals surface area contributed by atoms with Crippen LogP contribution in [0.5, 0.6) is 0 Å². The number of carbonyl (C=O) groups excluding carboxylic acids is 1. The lowest BCUT2D eigenvalue weighted by Crippen LogP contribution is -2.29. The Morgan fingerprint density at radius 1 is 0.904 bits per heavy atom. The van der Waals surface area contributed by atoms with Crippen LogP contribution in [0.2, 0.25) is 5.02 Å². The number of hydrogen-bond donors (Lipinski definition) is 1. The Morgan fingerprint density at radius 2 is 1.60 bits per heavy atom. The molecule has 9 nitrogen and oxygen atoms in total. The molecule has 0 unspecified atom stereocenters. The Morgan fingerprint density at radius 3 is 2.23 bits per heavy atom. The molecule has 0 aliphatic carbocycles. The lowest BCUT2D eigenvalue weighted by Gasteiger charge is -2.16. The van der Waals surface area contributed by atoms with Crippen molar-refractivity contribution < 1.29 is 34.8 Å². The number of benzene rings is 5. The van der Waals surface area contributed by atoms with E-state index in [1.807, 2.05) is 10.8 Å². The lowest BCUT2D eigenvalue weighted by molar-refractivity contribution is 0.0981. The first-order valence-electron chi connectivity index (χ1n) is 15.0. The van der Waals surface area contributed by atoms with Crippen LogP contribution in [0.1, 0.15) is 27.9 Å². The van der Waals surface area contributed by atoms with Crippen LogP contribution in [0.25, 0.3) is 49.3 Å². The van der Waals surface area contributed by atoms with E-state index in [2.05, 4.69) is 4.85 Å². The van der Waals surface area contributed by atoms with Crippen molar-refractivity contribution in [1.82, 2.24) is 8.69 Å². The number of hydrogen-bond acceptors (Lipinski definition) is 6. The molecule has 0 radical (unpaired) electrons. The van der Waals surface area contributed by atoms with Gasteiger partial charge in [-0.2, -0.15) is 5.26 Å². The van der Waals surface area contributed by atoms with E-state index in [0.717, 1.165) is 46.6 Å². The normalized spacial score (nSPS) is 11.7. The van der Waals surface area contributed by atoms with Gasteiger partial charge >= 0.3 is 0 Å². The van der Waals surface area contributed by atoms with Crippen LogP contribution in [-0.4, -0.2) is 33.0 Å². The summed E-state index contributed by atoms with van der Waals surface area (Å²) in [6.07, 6.45) is -2.04. The summed E-state index contributed by atoms with van der Waals surface area (Å²) in [5.41, 5.74) is 0.462. The summed E-state index contributed by atoms with van der Waals surface area (Å²) in [6.45, 7) is 7.89. The van der Waals surface area contributed by atoms with Crippen LogP contribution in [0.15, 0.2) is 108 Å². The molecule has 260 valence electrons. The second-order valence-corrected chi connectivity index (χ2v) is 15.4. The van der Waals surface area contributed by atoms with Crippen molar-refractivity contribution in [3.05, 3.63) is 142 Å². The van der Waals surface area contributed by atoms with Crippen molar-refractivity contribution >= 4 is 54.1 Å². The molecule has 15 heteroatoms. The summed E-state index contributed by atoms with van der Waals surface area (Å²) >= 11 is 6.59. The lowest BCUT2D eigenvalue weighted by atomic mass is 9.92. The number of alkyl halides is 2. The fraction of sp³-hybridized carbons (Fsp3) is 0.0541. The van der Waals surface area contributed by atoms with Crippen LogP contribution < -0.4 is 4.72 Å². The number of nitrogens with one attached hydrogen (secondary N) is 1. The maximum Gasteiger partial charge on any atom is 0.268 e. The molecule has 0 saturated carbocycles. The average molecular weight is 759 g/mol. The van der Waals surface area contributed by atoms with Gasteiger partial charge in [0.15, 0.2) is 5.69 Å². The van der Waals surface area contributed by atoms with Gasteiger partial charge in [0.25, 0.3) is 22.4 Å². The summed E-state index contributed by atoms with van der Waals surface area (Å²) < 4.78 is 97.1. The minimum Gasteiger partial charge on any atom is -0.268 e. The number of aromatic nitrogens is 1. The number of nitriles is 1. The van der Waals surface area contributed by atoms with E-state index < -0.39 is 43.8 Å². The standard InChI is InChI=1S/C37H22ClF3N4O5S2/c1-43-31-8-4-7-25(20-42)33(31)34-29-19-26(39)12-16-32(29)45(52(49,50)27-13-9-21(10-14-27)36(40)41)35(34)23-6-3-5-22(17-23)28-15-11-24(18-30(28)38)37(46)44-51(2,47)48/h3-19,36H,2H3,(H,44,46). The highest BCUT2D eigenvalue weighted by atomic mass is 35.5. The molecule has 0 bridgehead atoms. The molecule has 1 aromatic heterocycles. The van der Waals surface area contributed by atoms with E-state index >= 15 is 4.39 Å². The highest BCUT2D eigenvalue weighted by molar-refractivity contribution is 7.90. The van der Waals surface area contributed by atoms with Gasteiger partial charge in [-0.05, 0) is 60.2 Å². The first kappa shape index (κ1) is 35.9. The maximum absolute atomic E-state index is 15.1. The molecule has 5 aromatic carbocycles. The van der Waals surface area contributed by atoms with Crippen molar-refractivity contribution in [2.24, 2.45) is 0 Å². The van der Waals surface area contributed by atoms with Crippen molar-refractivity contribution in [3.63, 3.8) is 0 Å². The van der Waals surface area contributed by atoms with E-state index in [1.165, 1.54) is 42.5 Å². The van der Waals surface area contributed by atoms with E-state index in [-0.39, 0.29) is 60.0 Å². The van der Waals surface area contributed by atoms with Crippen LogP contribution in [0.3, 0.4) is 0 Å². The summed E-state index contributed by atoms with van der Waals surface area (Å²) in [5.74, 6) is -1.65. The fourth-order valence-corrected chi connectivity index (χ4v) is 8.12. The first-order chi connectivity index (χ1) is 24.6. The largest absolute Gasteiger partial charge is 0.268 e. The predicted molar refractivity (Wildman–Crippen MR) is 190 cm³/mol. The second-order valence-electron chi connectivity index (χ2n) is 11.4. The second kappa shape index (κ2) is 13.7. The Labute approximate surface area is 301 Å². The third-order valence-electron chi connectivity index (χ3n) is 8.05. The highest BCUT2D eigenvalue weighted by Crippen LogP contribution is 2.48. The van der Waals surface area contributed by atoms with Crippen LogP contribution in [0, 0.1) is 23.7 Å². The zero-order valence-corrected chi connectivity index (χ0v) is 29.0. The first-order valence-corrected chi connectivity index (χ1v) is 18.7. The Kier molecular flexibility index (Phi) is 9.42. The third kappa shape index (κ3) is 6.63. The fourth-order valence-electron chi connectivity index (χ4n) is 5.83. The molecule has 0 atom stereocenters. The van der Waals surface area contributed by atoms with Gasteiger partial charge in [-0.3, -0.25) is 4.79 Å². The monoisotopic (exact) mass is 758 g/mol. The van der Waals surface area contributed by atoms with E-state index in [4.69, 9.17) is 18.2 Å². The topological polar surface area (TPSA) is 130 Å². The molecule has 0 fully saturated rings. The van der Waals surface area contributed by atoms with Gasteiger partial charge in [-0.15, -0.1) is 0 Å². The summed E-state index contributed by atoms with van der Waals surface area (Å²) in [5, 5.41) is 10.2. The Balaban J connectivity index is 1.69. The molecule has 1 amide bonds. The molecule has 0 aliphatic heterocycles. The van der Waals surface area contributed by atoms with Crippen molar-refractivity contribution in [1.29, 1.82) is 5.26 Å². The quantitative estimate of drug-likeness (QED) is 0.155. The average Bonchev–Trinajstić information content (AvgIpc) is 3.45. The maximum atomic E-state index is 15.1. The van der Waals surface area contributed by atoms with Crippen LogP contribution in [0.4, 0.5) is 18.9 Å². The number of rotatable bonds is 8. The number of sulfonamides is 1. The van der Waals surface area contributed by atoms with Gasteiger partial charge in [0.05, 0.1) is 35.0 Å². The molecule has 6 rings (SSSR count). The summed E-state index contributed by atoms with van der Waals surface area (Å²) in [6, 6.07) is 24.2. The van der Waals surface area contributed by atoms with Crippen molar-refractivity contribution in [2.45, 2.75) is 11.3 Å². The van der Waals surface area contributed by atoms with Gasteiger partial charge in [0.1, 0.15) is 5.82 Å². The van der Waals surface area contributed by atoms with E-state index in [9.17, 15) is 35.7 Å². The minimum atomic E-state index is -4.67.